The lowest BCUT2D eigenvalue weighted by atomic mass is 10.1. The van der Waals surface area contributed by atoms with Crippen molar-refractivity contribution in [2.45, 2.75) is 37.8 Å². The molecule has 0 saturated heterocycles. The zero-order valence-corrected chi connectivity index (χ0v) is 18.8. The van der Waals surface area contributed by atoms with Gasteiger partial charge in [0.05, 0.1) is 14.9 Å². The lowest BCUT2D eigenvalue weighted by Crippen LogP contribution is -2.47. The average molecular weight is 474 g/mol. The standard InChI is InChI=1S/C19H21Cl2N3O5S/c1-11(2)16(24-30(27,28)14-7-5-4-6-8-14)19(26)29-12(3)18(25)23-17-15(21)9-13(20)10-22-17/h4-12,16,24H,1-3H3,(H,22,23,25). The molecule has 1 amide bonds. The van der Waals surface area contributed by atoms with Crippen molar-refractivity contribution in [1.29, 1.82) is 0 Å². The first-order chi connectivity index (χ1) is 14.0. The number of hydrogen-bond donors (Lipinski definition) is 2. The minimum atomic E-state index is -3.96. The van der Waals surface area contributed by atoms with Gasteiger partial charge in [-0.1, -0.05) is 55.2 Å². The van der Waals surface area contributed by atoms with Crippen molar-refractivity contribution >= 4 is 50.9 Å². The van der Waals surface area contributed by atoms with E-state index in [1.165, 1.54) is 31.3 Å². The van der Waals surface area contributed by atoms with E-state index in [2.05, 4.69) is 15.0 Å². The summed E-state index contributed by atoms with van der Waals surface area (Å²) in [5.74, 6) is -1.95. The van der Waals surface area contributed by atoms with Gasteiger partial charge in [0.25, 0.3) is 5.91 Å². The molecule has 2 atom stereocenters. The monoisotopic (exact) mass is 473 g/mol. The van der Waals surface area contributed by atoms with Gasteiger partial charge in [-0.3, -0.25) is 9.59 Å². The molecule has 0 aliphatic carbocycles. The van der Waals surface area contributed by atoms with Crippen molar-refractivity contribution in [2.24, 2.45) is 5.92 Å². The molecule has 1 heterocycles. The maximum absolute atomic E-state index is 12.6. The van der Waals surface area contributed by atoms with Crippen molar-refractivity contribution in [3.63, 3.8) is 0 Å². The molecule has 0 saturated carbocycles. The van der Waals surface area contributed by atoms with Gasteiger partial charge in [-0.15, -0.1) is 0 Å². The third kappa shape index (κ3) is 6.40. The molecule has 1 aromatic heterocycles. The molecule has 2 N–H and O–H groups in total. The quantitative estimate of drug-likeness (QED) is 0.568. The first kappa shape index (κ1) is 24.1. The molecule has 162 valence electrons. The summed E-state index contributed by atoms with van der Waals surface area (Å²) < 4.78 is 32.6. The highest BCUT2D eigenvalue weighted by molar-refractivity contribution is 7.89. The Bertz CT molecular complexity index is 1020. The molecule has 0 fully saturated rings. The van der Waals surface area contributed by atoms with Crippen molar-refractivity contribution in [1.82, 2.24) is 9.71 Å². The average Bonchev–Trinajstić information content (AvgIpc) is 2.68. The van der Waals surface area contributed by atoms with Gasteiger partial charge in [0.1, 0.15) is 6.04 Å². The van der Waals surface area contributed by atoms with E-state index in [1.54, 1.807) is 32.0 Å². The maximum atomic E-state index is 12.6. The first-order valence-electron chi connectivity index (χ1n) is 8.91. The fourth-order valence-electron chi connectivity index (χ4n) is 2.32. The Morgan fingerprint density at radius 1 is 1.10 bits per heavy atom. The molecule has 8 nitrogen and oxygen atoms in total. The number of benzene rings is 1. The number of nitrogens with one attached hydrogen (secondary N) is 2. The molecular formula is C19H21Cl2N3O5S. The number of sulfonamides is 1. The van der Waals surface area contributed by atoms with Gasteiger partial charge >= 0.3 is 5.97 Å². The van der Waals surface area contributed by atoms with Gasteiger partial charge in [-0.2, -0.15) is 4.72 Å². The van der Waals surface area contributed by atoms with Crippen LogP contribution in [0.25, 0.3) is 0 Å². The Morgan fingerprint density at radius 3 is 2.30 bits per heavy atom. The summed E-state index contributed by atoms with van der Waals surface area (Å²) in [5.41, 5.74) is 0. The van der Waals surface area contributed by atoms with Crippen LogP contribution in [0.4, 0.5) is 5.82 Å². The molecular weight excluding hydrogens is 453 g/mol. The van der Waals surface area contributed by atoms with Gasteiger partial charge in [-0.05, 0) is 31.0 Å². The molecule has 0 aliphatic rings. The number of aromatic nitrogens is 1. The van der Waals surface area contributed by atoms with Crippen molar-refractivity contribution in [2.75, 3.05) is 5.32 Å². The van der Waals surface area contributed by atoms with Crippen LogP contribution in [0.2, 0.25) is 10.0 Å². The maximum Gasteiger partial charge on any atom is 0.325 e. The van der Waals surface area contributed by atoms with Crippen LogP contribution in [0.15, 0.2) is 47.5 Å². The summed E-state index contributed by atoms with van der Waals surface area (Å²) in [6.45, 7) is 4.66. The molecule has 2 aromatic rings. The fraction of sp³-hybridized carbons (Fsp3) is 0.316. The lowest BCUT2D eigenvalue weighted by Gasteiger charge is -2.23. The van der Waals surface area contributed by atoms with E-state index in [9.17, 15) is 18.0 Å². The Balaban J connectivity index is 2.07. The van der Waals surface area contributed by atoms with Crippen LogP contribution >= 0.6 is 23.2 Å². The number of halogens is 2. The van der Waals surface area contributed by atoms with E-state index in [1.807, 2.05) is 0 Å². The van der Waals surface area contributed by atoms with Gasteiger partial charge in [0.2, 0.25) is 10.0 Å². The normalized spacial score (nSPS) is 13.5. The third-order valence-electron chi connectivity index (χ3n) is 3.97. The predicted molar refractivity (Wildman–Crippen MR) is 114 cm³/mol. The Morgan fingerprint density at radius 2 is 1.73 bits per heavy atom. The summed E-state index contributed by atoms with van der Waals surface area (Å²) in [7, 11) is -3.96. The summed E-state index contributed by atoms with van der Waals surface area (Å²) in [5, 5.41) is 2.84. The van der Waals surface area contributed by atoms with E-state index in [0.29, 0.717) is 5.02 Å². The molecule has 30 heavy (non-hydrogen) atoms. The Hall–Kier alpha value is -2.20. The summed E-state index contributed by atoms with van der Waals surface area (Å²) in [4.78, 5) is 28.8. The molecule has 0 spiro atoms. The SMILES string of the molecule is CC(OC(=O)C(NS(=O)(=O)c1ccccc1)C(C)C)C(=O)Nc1ncc(Cl)cc1Cl. The van der Waals surface area contributed by atoms with Crippen molar-refractivity contribution < 1.29 is 22.7 Å². The predicted octanol–water partition coefficient (Wildman–Crippen LogP) is 3.26. The second kappa shape index (κ2) is 10.2. The molecule has 2 rings (SSSR count). The van der Waals surface area contributed by atoms with Crippen molar-refractivity contribution in [3.8, 4) is 0 Å². The Labute approximate surface area is 185 Å². The van der Waals surface area contributed by atoms with Gasteiger partial charge in [-0.25, -0.2) is 13.4 Å². The zero-order chi connectivity index (χ0) is 22.5. The van der Waals surface area contributed by atoms with E-state index < -0.39 is 40.0 Å². The zero-order valence-electron chi connectivity index (χ0n) is 16.4. The number of pyridine rings is 1. The van der Waals surface area contributed by atoms with Crippen LogP contribution in [0.1, 0.15) is 20.8 Å². The number of anilines is 1. The smallest absolute Gasteiger partial charge is 0.325 e. The van der Waals surface area contributed by atoms with Crippen LogP contribution in [0.3, 0.4) is 0 Å². The first-order valence-corrected chi connectivity index (χ1v) is 11.1. The largest absolute Gasteiger partial charge is 0.451 e. The van der Waals surface area contributed by atoms with Crippen LogP contribution in [0.5, 0.6) is 0 Å². The molecule has 11 heteroatoms. The highest BCUT2D eigenvalue weighted by atomic mass is 35.5. The summed E-state index contributed by atoms with van der Waals surface area (Å²) >= 11 is 11.7. The number of hydrogen-bond acceptors (Lipinski definition) is 6. The highest BCUT2D eigenvalue weighted by Crippen LogP contribution is 2.22. The van der Waals surface area contributed by atoms with E-state index in [4.69, 9.17) is 27.9 Å². The van der Waals surface area contributed by atoms with Crippen molar-refractivity contribution in [3.05, 3.63) is 52.6 Å². The van der Waals surface area contributed by atoms with Crippen LogP contribution in [0, 0.1) is 5.92 Å². The molecule has 0 radical (unpaired) electrons. The number of esters is 1. The lowest BCUT2D eigenvalue weighted by molar-refractivity contribution is -0.155. The van der Waals surface area contributed by atoms with Crippen LogP contribution in [-0.2, 0) is 24.3 Å². The number of carbonyl (C=O) groups is 2. The van der Waals surface area contributed by atoms with Crippen LogP contribution < -0.4 is 10.0 Å². The molecule has 0 bridgehead atoms. The topological polar surface area (TPSA) is 114 Å². The number of amides is 1. The number of nitrogens with zero attached hydrogens (tertiary/aromatic N) is 1. The van der Waals surface area contributed by atoms with E-state index in [0.717, 1.165) is 0 Å². The number of rotatable bonds is 8. The van der Waals surface area contributed by atoms with Gasteiger partial charge in [0.15, 0.2) is 11.9 Å². The molecule has 1 aromatic carbocycles. The second-order valence-corrected chi connectivity index (χ2v) is 9.27. The highest BCUT2D eigenvalue weighted by Gasteiger charge is 2.32. The Kier molecular flexibility index (Phi) is 8.19. The number of carbonyl (C=O) groups excluding carboxylic acids is 2. The summed E-state index contributed by atoms with van der Waals surface area (Å²) in [6.07, 6.45) is 0.0703. The van der Waals surface area contributed by atoms with Gasteiger partial charge < -0.3 is 10.1 Å². The number of ether oxygens (including phenoxy) is 1. The van der Waals surface area contributed by atoms with Crippen LogP contribution in [-0.4, -0.2) is 37.4 Å². The van der Waals surface area contributed by atoms with E-state index >= 15 is 0 Å². The minimum Gasteiger partial charge on any atom is -0.451 e. The molecule has 2 unspecified atom stereocenters. The fourth-order valence-corrected chi connectivity index (χ4v) is 4.10. The minimum absolute atomic E-state index is 0.0118. The third-order valence-corrected chi connectivity index (χ3v) is 5.92. The van der Waals surface area contributed by atoms with Gasteiger partial charge in [0, 0.05) is 6.20 Å². The second-order valence-electron chi connectivity index (χ2n) is 6.71. The van der Waals surface area contributed by atoms with E-state index in [-0.39, 0.29) is 15.7 Å². The molecule has 0 aliphatic heterocycles. The summed E-state index contributed by atoms with van der Waals surface area (Å²) in [6, 6.07) is 7.83.